The van der Waals surface area contributed by atoms with Crippen molar-refractivity contribution in [3.8, 4) is 0 Å². The molecule has 3 nitrogen and oxygen atoms in total. The van der Waals surface area contributed by atoms with E-state index in [-0.39, 0.29) is 0 Å². The van der Waals surface area contributed by atoms with Gasteiger partial charge < -0.3 is 10.1 Å². The Hall–Kier alpha value is -1.32. The fourth-order valence-electron chi connectivity index (χ4n) is 4.58. The van der Waals surface area contributed by atoms with Gasteiger partial charge in [0, 0.05) is 42.2 Å². The number of aliphatic hydroxyl groups is 1. The highest BCUT2D eigenvalue weighted by Gasteiger charge is 2.40. The number of H-pyrrole nitrogens is 1. The molecule has 0 amide bonds. The molecule has 21 heavy (non-hydrogen) atoms. The van der Waals surface area contributed by atoms with Crippen LogP contribution in [-0.4, -0.2) is 40.7 Å². The molecule has 1 unspecified atom stereocenters. The van der Waals surface area contributed by atoms with Crippen LogP contribution in [-0.2, 0) is 6.42 Å². The zero-order valence-electron chi connectivity index (χ0n) is 12.7. The van der Waals surface area contributed by atoms with Gasteiger partial charge in [0.25, 0.3) is 0 Å². The summed E-state index contributed by atoms with van der Waals surface area (Å²) in [6, 6.07) is 7.27. The largest absolute Gasteiger partial charge is 0.396 e. The van der Waals surface area contributed by atoms with Crippen LogP contribution in [0.25, 0.3) is 10.9 Å². The summed E-state index contributed by atoms with van der Waals surface area (Å²) < 4.78 is 0. The first kappa shape index (κ1) is 13.4. The maximum Gasteiger partial charge on any atom is 0.0471 e. The number of hydrogen-bond donors (Lipinski definition) is 2. The van der Waals surface area contributed by atoms with Crippen molar-refractivity contribution in [3.05, 3.63) is 35.5 Å². The first-order chi connectivity index (χ1) is 10.3. The molecule has 0 bridgehead atoms. The molecular formula is C18H24N2O. The molecule has 2 aromatic rings. The summed E-state index contributed by atoms with van der Waals surface area (Å²) in [5, 5.41) is 11.1. The summed E-state index contributed by atoms with van der Waals surface area (Å²) in [7, 11) is 0. The second kappa shape index (κ2) is 5.15. The van der Waals surface area contributed by atoms with Crippen LogP contribution >= 0.6 is 0 Å². The molecule has 4 rings (SSSR count). The first-order valence-electron chi connectivity index (χ1n) is 8.25. The summed E-state index contributed by atoms with van der Waals surface area (Å²) in [5.74, 6) is 1.00. The number of likely N-dealkylation sites (tertiary alicyclic amines) is 1. The van der Waals surface area contributed by atoms with Crippen LogP contribution in [0.2, 0.25) is 0 Å². The van der Waals surface area contributed by atoms with Crippen LogP contribution in [0, 0.1) is 5.92 Å². The van der Waals surface area contributed by atoms with Crippen LogP contribution in [0.15, 0.2) is 24.4 Å². The lowest BCUT2D eigenvalue weighted by molar-refractivity contribution is 0.0572. The highest BCUT2D eigenvalue weighted by atomic mass is 16.3. The highest BCUT2D eigenvalue weighted by Crippen LogP contribution is 2.44. The van der Waals surface area contributed by atoms with E-state index in [1.807, 2.05) is 0 Å². The van der Waals surface area contributed by atoms with Gasteiger partial charge in [-0.25, -0.2) is 0 Å². The van der Waals surface area contributed by atoms with Crippen LogP contribution < -0.4 is 0 Å². The third kappa shape index (κ3) is 2.02. The molecule has 2 N–H and O–H groups in total. The standard InChI is InChI=1S/C18H24N2O/c1-2-6-20-10-12(11-21)7-15-14-4-3-5-16-18(14)13(9-19-16)8-17(15)20/h3-5,9,12,15,17,19,21H,2,6-8,10-11H2,1H3/t12?,15-,17-/m1/s1. The van der Waals surface area contributed by atoms with Gasteiger partial charge in [-0.2, -0.15) is 0 Å². The molecule has 2 aliphatic rings. The van der Waals surface area contributed by atoms with Gasteiger partial charge in [0.15, 0.2) is 0 Å². The number of benzene rings is 1. The van der Waals surface area contributed by atoms with Crippen molar-refractivity contribution in [2.75, 3.05) is 19.7 Å². The molecule has 1 saturated heterocycles. The molecule has 1 aromatic heterocycles. The third-order valence-corrected chi connectivity index (χ3v) is 5.43. The van der Waals surface area contributed by atoms with Crippen LogP contribution in [0.4, 0.5) is 0 Å². The summed E-state index contributed by atoms with van der Waals surface area (Å²) in [5.41, 5.74) is 4.25. The van der Waals surface area contributed by atoms with E-state index < -0.39 is 0 Å². The number of fused-ring (bicyclic) bond motifs is 2. The van der Waals surface area contributed by atoms with Crippen LogP contribution in [0.5, 0.6) is 0 Å². The van der Waals surface area contributed by atoms with Crippen molar-refractivity contribution in [1.29, 1.82) is 0 Å². The lowest BCUT2D eigenvalue weighted by atomic mass is 9.72. The predicted molar refractivity (Wildman–Crippen MR) is 85.6 cm³/mol. The Balaban J connectivity index is 1.79. The van der Waals surface area contributed by atoms with Crippen molar-refractivity contribution in [2.45, 2.75) is 38.1 Å². The Labute approximate surface area is 126 Å². The number of aliphatic hydroxyl groups excluding tert-OH is 1. The van der Waals surface area contributed by atoms with E-state index >= 15 is 0 Å². The van der Waals surface area contributed by atoms with Crippen molar-refractivity contribution >= 4 is 10.9 Å². The average molecular weight is 284 g/mol. The summed E-state index contributed by atoms with van der Waals surface area (Å²) in [6.07, 6.45) is 5.67. The first-order valence-corrected chi connectivity index (χ1v) is 8.25. The highest BCUT2D eigenvalue weighted by molar-refractivity contribution is 5.88. The molecule has 0 radical (unpaired) electrons. The smallest absolute Gasteiger partial charge is 0.0471 e. The molecule has 0 saturated carbocycles. The van der Waals surface area contributed by atoms with Crippen molar-refractivity contribution < 1.29 is 5.11 Å². The van der Waals surface area contributed by atoms with Crippen LogP contribution in [0.3, 0.4) is 0 Å². The summed E-state index contributed by atoms with van der Waals surface area (Å²) in [4.78, 5) is 6.06. The topological polar surface area (TPSA) is 39.3 Å². The second-order valence-electron chi connectivity index (χ2n) is 6.74. The molecule has 1 aliphatic carbocycles. The quantitative estimate of drug-likeness (QED) is 0.909. The normalized spacial score (nSPS) is 28.8. The second-order valence-corrected chi connectivity index (χ2v) is 6.74. The van der Waals surface area contributed by atoms with Gasteiger partial charge in [-0.05, 0) is 48.9 Å². The van der Waals surface area contributed by atoms with E-state index in [9.17, 15) is 5.11 Å². The number of aromatic nitrogens is 1. The number of aromatic amines is 1. The van der Waals surface area contributed by atoms with E-state index in [0.29, 0.717) is 24.5 Å². The lowest BCUT2D eigenvalue weighted by Crippen LogP contribution is -2.50. The molecule has 3 atom stereocenters. The van der Waals surface area contributed by atoms with Gasteiger partial charge in [0.2, 0.25) is 0 Å². The Kier molecular flexibility index (Phi) is 3.27. The monoisotopic (exact) mass is 284 g/mol. The van der Waals surface area contributed by atoms with E-state index in [0.717, 1.165) is 25.9 Å². The van der Waals surface area contributed by atoms with E-state index in [1.165, 1.54) is 28.5 Å². The van der Waals surface area contributed by atoms with Gasteiger partial charge >= 0.3 is 0 Å². The van der Waals surface area contributed by atoms with Gasteiger partial charge in [0.1, 0.15) is 0 Å². The fourth-order valence-corrected chi connectivity index (χ4v) is 4.58. The molecule has 2 heterocycles. The van der Waals surface area contributed by atoms with E-state index in [4.69, 9.17) is 0 Å². The molecule has 112 valence electrons. The number of hydrogen-bond acceptors (Lipinski definition) is 2. The zero-order chi connectivity index (χ0) is 14.4. The lowest BCUT2D eigenvalue weighted by Gasteiger charge is -2.47. The SMILES string of the molecule is CCCN1CC(CO)C[C@@H]2c3cccc4[nH]cc(c34)C[C@H]21. The Morgan fingerprint density at radius 2 is 2.29 bits per heavy atom. The Morgan fingerprint density at radius 1 is 1.38 bits per heavy atom. The summed E-state index contributed by atoms with van der Waals surface area (Å²) in [6.45, 7) is 4.77. The molecule has 3 heteroatoms. The molecule has 1 aromatic carbocycles. The van der Waals surface area contributed by atoms with Crippen molar-refractivity contribution in [3.63, 3.8) is 0 Å². The maximum absolute atomic E-state index is 9.68. The maximum atomic E-state index is 9.68. The number of nitrogens with zero attached hydrogens (tertiary/aromatic N) is 1. The Morgan fingerprint density at radius 3 is 3.10 bits per heavy atom. The van der Waals surface area contributed by atoms with Crippen molar-refractivity contribution in [2.24, 2.45) is 5.92 Å². The zero-order valence-corrected chi connectivity index (χ0v) is 12.7. The number of piperidine rings is 1. The third-order valence-electron chi connectivity index (χ3n) is 5.43. The predicted octanol–water partition coefficient (Wildman–Crippen LogP) is 2.90. The molecule has 0 spiro atoms. The Bertz CT molecular complexity index is 648. The van der Waals surface area contributed by atoms with E-state index in [1.54, 1.807) is 0 Å². The minimum atomic E-state index is 0.319. The molecule has 1 fully saturated rings. The number of nitrogens with one attached hydrogen (secondary N) is 1. The minimum absolute atomic E-state index is 0.319. The molecular weight excluding hydrogens is 260 g/mol. The van der Waals surface area contributed by atoms with Gasteiger partial charge in [-0.15, -0.1) is 0 Å². The van der Waals surface area contributed by atoms with Crippen LogP contribution in [0.1, 0.15) is 36.8 Å². The van der Waals surface area contributed by atoms with Gasteiger partial charge in [0.05, 0.1) is 0 Å². The summed E-state index contributed by atoms with van der Waals surface area (Å²) >= 11 is 0. The minimum Gasteiger partial charge on any atom is -0.396 e. The van der Waals surface area contributed by atoms with E-state index in [2.05, 4.69) is 41.2 Å². The molecule has 1 aliphatic heterocycles. The number of rotatable bonds is 3. The van der Waals surface area contributed by atoms with Gasteiger partial charge in [-0.1, -0.05) is 19.1 Å². The fraction of sp³-hybridized carbons (Fsp3) is 0.556. The average Bonchev–Trinajstić information content (AvgIpc) is 2.93. The van der Waals surface area contributed by atoms with Gasteiger partial charge in [-0.3, -0.25) is 4.90 Å². The van der Waals surface area contributed by atoms with Crippen molar-refractivity contribution in [1.82, 2.24) is 9.88 Å².